The van der Waals surface area contributed by atoms with E-state index in [0.29, 0.717) is 11.1 Å². The van der Waals surface area contributed by atoms with Gasteiger partial charge in [-0.3, -0.25) is 24.3 Å². The van der Waals surface area contributed by atoms with Crippen molar-refractivity contribution in [1.82, 2.24) is 10.0 Å². The van der Waals surface area contributed by atoms with Crippen LogP contribution in [0.4, 0.5) is 5.69 Å². The molecule has 0 aromatic heterocycles. The van der Waals surface area contributed by atoms with Gasteiger partial charge in [0.05, 0.1) is 34.3 Å². The second-order valence-electron chi connectivity index (χ2n) is 9.05. The number of sulfonamides is 1. The minimum atomic E-state index is -4.44. The molecule has 1 aliphatic heterocycles. The average Bonchev–Trinajstić information content (AvgIpc) is 3.07. The number of aliphatic carboxylic acids is 1. The van der Waals surface area contributed by atoms with Crippen LogP contribution >= 0.6 is 0 Å². The van der Waals surface area contributed by atoms with E-state index in [0.717, 1.165) is 29.2 Å². The van der Waals surface area contributed by atoms with E-state index in [1.165, 1.54) is 6.07 Å². The number of carbonyl (C=O) groups excluding carboxylic acids is 3. The van der Waals surface area contributed by atoms with Crippen molar-refractivity contribution in [3.05, 3.63) is 95.6 Å². The van der Waals surface area contributed by atoms with E-state index in [1.54, 1.807) is 48.5 Å². The molecule has 2 atom stereocenters. The van der Waals surface area contributed by atoms with E-state index in [1.807, 2.05) is 0 Å². The summed E-state index contributed by atoms with van der Waals surface area (Å²) in [7, 11) is -4.44. The van der Waals surface area contributed by atoms with Crippen LogP contribution in [0.1, 0.15) is 27.9 Å². The van der Waals surface area contributed by atoms with Crippen LogP contribution in [0, 0.1) is 0 Å². The fourth-order valence-corrected chi connectivity index (χ4v) is 5.28. The number of carbonyl (C=O) groups is 5. The van der Waals surface area contributed by atoms with Crippen LogP contribution < -0.4 is 14.9 Å². The zero-order chi connectivity index (χ0) is 30.4. The van der Waals surface area contributed by atoms with Crippen molar-refractivity contribution >= 4 is 51.5 Å². The van der Waals surface area contributed by atoms with Crippen LogP contribution in [-0.4, -0.2) is 73.1 Å². The predicted molar refractivity (Wildman–Crippen MR) is 149 cm³/mol. The van der Waals surface area contributed by atoms with Crippen LogP contribution in [0.25, 0.3) is 0 Å². The summed E-state index contributed by atoms with van der Waals surface area (Å²) in [4.78, 5) is 65.4. The Bertz CT molecular complexity index is 1670. The largest absolute Gasteiger partial charge is 0.481 e. The molecule has 0 spiro atoms. The number of carboxylic acid groups (broad SMARTS) is 2. The number of carboxylic acids is 2. The molecule has 0 saturated heterocycles. The third-order valence-electron chi connectivity index (χ3n) is 6.14. The van der Waals surface area contributed by atoms with E-state index in [9.17, 15) is 32.4 Å². The predicted octanol–water partition coefficient (Wildman–Crippen LogP) is 1.03. The van der Waals surface area contributed by atoms with E-state index in [-0.39, 0.29) is 28.1 Å². The molecule has 2 unspecified atom stereocenters. The van der Waals surface area contributed by atoms with E-state index in [2.05, 4.69) is 15.0 Å². The first-order valence-electron chi connectivity index (χ1n) is 12.4. The van der Waals surface area contributed by atoms with Crippen LogP contribution in [-0.2, 0) is 29.2 Å². The van der Waals surface area contributed by atoms with Gasteiger partial charge in [-0.05, 0) is 30.3 Å². The molecule has 216 valence electrons. The average molecular weight is 593 g/mol. The zero-order valence-electron chi connectivity index (χ0n) is 21.7. The highest BCUT2D eigenvalue weighted by atomic mass is 32.2. The Morgan fingerprint density at radius 2 is 1.60 bits per heavy atom. The molecule has 4 N–H and O–H groups in total. The number of nitrogens with zero attached hydrogens (tertiary/aromatic N) is 2. The number of amides is 2. The summed E-state index contributed by atoms with van der Waals surface area (Å²) in [6.07, 6.45) is -2.19. The molecule has 3 aromatic rings. The van der Waals surface area contributed by atoms with Gasteiger partial charge >= 0.3 is 11.9 Å². The number of aliphatic imine (C=N–C) groups is 1. The molecule has 3 aromatic carbocycles. The topological polar surface area (TPSA) is 200 Å². The number of hydrogen-bond donors (Lipinski definition) is 4. The second-order valence-corrected chi connectivity index (χ2v) is 10.8. The molecule has 0 aliphatic carbocycles. The molecule has 1 aliphatic rings. The van der Waals surface area contributed by atoms with Gasteiger partial charge in [-0.25, -0.2) is 13.2 Å². The summed E-state index contributed by atoms with van der Waals surface area (Å²) < 4.78 is 28.8. The normalized spacial score (nSPS) is 15.5. The van der Waals surface area contributed by atoms with Crippen molar-refractivity contribution in [2.24, 2.45) is 4.99 Å². The fourth-order valence-electron chi connectivity index (χ4n) is 4.20. The highest BCUT2D eigenvalue weighted by Gasteiger charge is 2.36. The summed E-state index contributed by atoms with van der Waals surface area (Å²) in [5.41, 5.74) is 1.26. The van der Waals surface area contributed by atoms with Gasteiger partial charge in [-0.15, -0.1) is 0 Å². The van der Waals surface area contributed by atoms with E-state index < -0.39 is 58.9 Å². The Morgan fingerprint density at radius 3 is 2.21 bits per heavy atom. The maximum atomic E-state index is 13.9. The molecule has 0 fully saturated rings. The highest BCUT2D eigenvalue weighted by Crippen LogP contribution is 2.28. The summed E-state index contributed by atoms with van der Waals surface area (Å²) in [6.45, 7) is -0.692. The van der Waals surface area contributed by atoms with Crippen LogP contribution in [0.2, 0.25) is 0 Å². The monoisotopic (exact) mass is 592 g/mol. The van der Waals surface area contributed by atoms with Gasteiger partial charge < -0.3 is 20.3 Å². The van der Waals surface area contributed by atoms with Crippen molar-refractivity contribution < 1.29 is 42.6 Å². The number of aromatic carboxylic acids is 1. The van der Waals surface area contributed by atoms with Crippen molar-refractivity contribution in [2.45, 2.75) is 23.5 Å². The third-order valence-corrected chi connectivity index (χ3v) is 7.57. The first-order chi connectivity index (χ1) is 20.0. The number of para-hydroxylation sites is 1. The maximum Gasteiger partial charge on any atom is 0.335 e. The van der Waals surface area contributed by atoms with Gasteiger partial charge in [0.15, 0.2) is 6.17 Å². The molecule has 1 heterocycles. The van der Waals surface area contributed by atoms with Crippen molar-refractivity contribution in [1.29, 1.82) is 0 Å². The maximum absolute atomic E-state index is 13.9. The summed E-state index contributed by atoms with van der Waals surface area (Å²) >= 11 is 0. The lowest BCUT2D eigenvalue weighted by Gasteiger charge is -2.25. The zero-order valence-corrected chi connectivity index (χ0v) is 22.5. The van der Waals surface area contributed by atoms with E-state index in [4.69, 9.17) is 10.2 Å². The number of hydrogen-bond acceptors (Lipinski definition) is 8. The highest BCUT2D eigenvalue weighted by molar-refractivity contribution is 7.89. The summed E-state index contributed by atoms with van der Waals surface area (Å²) in [5.74, 6) is -4.38. The van der Waals surface area contributed by atoms with Crippen LogP contribution in [0.15, 0.2) is 88.8 Å². The Kier molecular flexibility index (Phi) is 8.88. The number of benzene rings is 3. The summed E-state index contributed by atoms with van der Waals surface area (Å²) in [6, 6.07) is 18.0. The number of rotatable bonds is 11. The molecule has 13 nitrogen and oxygen atoms in total. The van der Waals surface area contributed by atoms with Crippen molar-refractivity contribution in [3.8, 4) is 0 Å². The number of fused-ring (bicyclic) bond motifs is 1. The minimum Gasteiger partial charge on any atom is -0.481 e. The third kappa shape index (κ3) is 6.74. The molecule has 4 rings (SSSR count). The smallest absolute Gasteiger partial charge is 0.335 e. The molecule has 0 bridgehead atoms. The quantitative estimate of drug-likeness (QED) is 0.235. The molecular formula is C28H24N4O9S. The van der Waals surface area contributed by atoms with Gasteiger partial charge in [0.2, 0.25) is 15.9 Å². The van der Waals surface area contributed by atoms with Crippen LogP contribution in [0.3, 0.4) is 0 Å². The Hall–Kier alpha value is -5.21. The lowest BCUT2D eigenvalue weighted by Crippen LogP contribution is -2.51. The summed E-state index contributed by atoms with van der Waals surface area (Å²) in [5, 5.41) is 20.4. The van der Waals surface area contributed by atoms with Gasteiger partial charge in [-0.2, -0.15) is 4.72 Å². The molecule has 14 heteroatoms. The molecule has 42 heavy (non-hydrogen) atoms. The second kappa shape index (κ2) is 12.5. The standard InChI is InChI=1S/C28H24N4O9S/c33-16-19(14-24(35)36)29-23(34)15-32-22-9-5-4-8-21(22)25(17-6-2-1-3-7-17)30-26(27(32)37)31-42(40,41)20-12-10-18(11-13-20)28(38)39/h1-13,16,19,26,31H,14-15H2,(H,29,34)(H,35,36)(H,38,39). The first kappa shape index (κ1) is 29.8. The number of anilines is 1. The van der Waals surface area contributed by atoms with Gasteiger partial charge in [0.1, 0.15) is 12.8 Å². The van der Waals surface area contributed by atoms with Gasteiger partial charge in [0.25, 0.3) is 5.91 Å². The Balaban J connectivity index is 1.76. The molecule has 0 radical (unpaired) electrons. The lowest BCUT2D eigenvalue weighted by atomic mass is 10.0. The van der Waals surface area contributed by atoms with E-state index >= 15 is 0 Å². The fraction of sp³-hybridized carbons (Fsp3) is 0.143. The van der Waals surface area contributed by atoms with Crippen LogP contribution in [0.5, 0.6) is 0 Å². The van der Waals surface area contributed by atoms with Crippen molar-refractivity contribution in [3.63, 3.8) is 0 Å². The minimum absolute atomic E-state index is 0.145. The number of nitrogens with one attached hydrogen (secondary N) is 2. The molecular weight excluding hydrogens is 568 g/mol. The molecule has 2 amide bonds. The Labute approximate surface area is 239 Å². The Morgan fingerprint density at radius 1 is 0.952 bits per heavy atom. The van der Waals surface area contributed by atoms with Gasteiger partial charge in [0, 0.05) is 11.1 Å². The van der Waals surface area contributed by atoms with Crippen molar-refractivity contribution in [2.75, 3.05) is 11.4 Å². The SMILES string of the molecule is O=CC(CC(=O)O)NC(=O)CN1C(=O)C(NS(=O)(=O)c2ccc(C(=O)O)cc2)N=C(c2ccccc2)c2ccccc21. The lowest BCUT2D eigenvalue weighted by molar-refractivity contribution is -0.138. The van der Waals surface area contributed by atoms with Gasteiger partial charge in [-0.1, -0.05) is 48.5 Å². The number of aldehydes is 1. The number of benzodiazepines with no additional fused rings is 1. The molecule has 0 saturated carbocycles. The first-order valence-corrected chi connectivity index (χ1v) is 13.8.